The molecule has 0 aliphatic heterocycles. The van der Waals surface area contributed by atoms with E-state index in [2.05, 4.69) is 21.2 Å². The zero-order valence-corrected chi connectivity index (χ0v) is 12.7. The van der Waals surface area contributed by atoms with Gasteiger partial charge in [0.15, 0.2) is 0 Å². The molecule has 0 spiro atoms. The van der Waals surface area contributed by atoms with Crippen LogP contribution in [0.4, 0.5) is 5.69 Å². The largest absolute Gasteiger partial charge is 0.462 e. The van der Waals surface area contributed by atoms with Crippen LogP contribution in [0.5, 0.6) is 0 Å². The molecule has 0 aliphatic carbocycles. The monoisotopic (exact) mass is 329 g/mol. The summed E-state index contributed by atoms with van der Waals surface area (Å²) >= 11 is 3.32. The molecule has 0 saturated carbocycles. The van der Waals surface area contributed by atoms with Crippen molar-refractivity contribution >= 4 is 33.5 Å². The van der Waals surface area contributed by atoms with Crippen LogP contribution >= 0.6 is 15.9 Å². The second-order valence-corrected chi connectivity index (χ2v) is 4.76. The quantitative estimate of drug-likeness (QED) is 0.843. The van der Waals surface area contributed by atoms with Gasteiger partial charge in [-0.15, -0.1) is 0 Å². The van der Waals surface area contributed by atoms with Gasteiger partial charge < -0.3 is 14.8 Å². The Bertz CT molecular complexity index is 488. The maximum atomic E-state index is 11.9. The minimum Gasteiger partial charge on any atom is -0.462 e. The third-order valence-electron chi connectivity index (χ3n) is 2.34. The summed E-state index contributed by atoms with van der Waals surface area (Å²) in [5, 5.41) is 2.66. The normalized spacial score (nSPS) is 10.1. The number of benzene rings is 1. The summed E-state index contributed by atoms with van der Waals surface area (Å²) in [5.74, 6) is -0.793. The Labute approximate surface area is 120 Å². The molecular formula is C13H16BrNO4. The second-order valence-electron chi connectivity index (χ2n) is 3.85. The highest BCUT2D eigenvalue weighted by Crippen LogP contribution is 2.26. The summed E-state index contributed by atoms with van der Waals surface area (Å²) in [6.07, 6.45) is 0. The first-order valence-corrected chi connectivity index (χ1v) is 6.55. The predicted molar refractivity (Wildman–Crippen MR) is 75.3 cm³/mol. The number of nitrogens with one attached hydrogen (secondary N) is 1. The molecule has 1 aromatic rings. The molecule has 1 amide bonds. The molecule has 0 radical (unpaired) electrons. The molecule has 0 bridgehead atoms. The number of amides is 1. The maximum absolute atomic E-state index is 11.9. The minimum absolute atomic E-state index is 0.0717. The van der Waals surface area contributed by atoms with E-state index >= 15 is 0 Å². The first kappa shape index (κ1) is 15.7. The number of methoxy groups -OCH3 is 1. The molecule has 1 aromatic carbocycles. The van der Waals surface area contributed by atoms with Crippen molar-refractivity contribution in [1.29, 1.82) is 0 Å². The molecule has 19 heavy (non-hydrogen) atoms. The van der Waals surface area contributed by atoms with Gasteiger partial charge in [0.2, 0.25) is 5.91 Å². The first-order chi connectivity index (χ1) is 8.99. The minimum atomic E-state index is -0.473. The van der Waals surface area contributed by atoms with Crippen molar-refractivity contribution in [3.8, 4) is 0 Å². The van der Waals surface area contributed by atoms with Crippen LogP contribution in [0.25, 0.3) is 0 Å². The molecular weight excluding hydrogens is 314 g/mol. The molecule has 1 N–H and O–H groups in total. The van der Waals surface area contributed by atoms with Crippen molar-refractivity contribution in [2.75, 3.05) is 25.6 Å². The molecule has 0 saturated heterocycles. The lowest BCUT2D eigenvalue weighted by molar-refractivity contribution is -0.119. The van der Waals surface area contributed by atoms with Gasteiger partial charge in [0.1, 0.15) is 6.61 Å². The number of esters is 1. The summed E-state index contributed by atoms with van der Waals surface area (Å²) in [6.45, 7) is 3.73. The third kappa shape index (κ3) is 4.33. The van der Waals surface area contributed by atoms with Crippen molar-refractivity contribution in [2.24, 2.45) is 0 Å². The molecule has 6 heteroatoms. The van der Waals surface area contributed by atoms with Gasteiger partial charge in [0, 0.05) is 11.6 Å². The highest BCUT2D eigenvalue weighted by Gasteiger charge is 2.17. The van der Waals surface area contributed by atoms with E-state index in [1.807, 2.05) is 6.07 Å². The summed E-state index contributed by atoms with van der Waals surface area (Å²) in [5.41, 5.74) is 1.53. The van der Waals surface area contributed by atoms with Crippen molar-refractivity contribution in [2.45, 2.75) is 13.8 Å². The summed E-state index contributed by atoms with van der Waals surface area (Å²) in [6, 6.07) is 3.43. The fourth-order valence-electron chi connectivity index (χ4n) is 1.59. The standard InChI is InChI=1S/C13H16BrNO4/c1-4-19-13(17)10-6-9(14)5-8(2)12(10)15-11(16)7-18-3/h5-6H,4,7H2,1-3H3,(H,15,16). The number of anilines is 1. The van der Waals surface area contributed by atoms with Gasteiger partial charge in [-0.1, -0.05) is 15.9 Å². The van der Waals surface area contributed by atoms with Crippen LogP contribution in [-0.4, -0.2) is 32.2 Å². The Kier molecular flexibility index (Phi) is 5.98. The zero-order valence-electron chi connectivity index (χ0n) is 11.1. The third-order valence-corrected chi connectivity index (χ3v) is 2.79. The van der Waals surface area contributed by atoms with Gasteiger partial charge in [0.25, 0.3) is 0 Å². The summed E-state index contributed by atoms with van der Waals surface area (Å²) in [7, 11) is 1.43. The van der Waals surface area contributed by atoms with Crippen LogP contribution in [0, 0.1) is 6.92 Å². The fourth-order valence-corrected chi connectivity index (χ4v) is 2.16. The van der Waals surface area contributed by atoms with E-state index in [1.165, 1.54) is 7.11 Å². The van der Waals surface area contributed by atoms with E-state index in [1.54, 1.807) is 19.9 Å². The Balaban J connectivity index is 3.13. The van der Waals surface area contributed by atoms with Crippen LogP contribution in [0.1, 0.15) is 22.8 Å². The number of carbonyl (C=O) groups excluding carboxylic acids is 2. The van der Waals surface area contributed by atoms with E-state index in [0.717, 1.165) is 10.0 Å². The number of hydrogen-bond acceptors (Lipinski definition) is 4. The average Bonchev–Trinajstić information content (AvgIpc) is 2.33. The molecule has 104 valence electrons. The number of halogens is 1. The number of ether oxygens (including phenoxy) is 2. The molecule has 0 aliphatic rings. The number of aryl methyl sites for hydroxylation is 1. The first-order valence-electron chi connectivity index (χ1n) is 5.75. The molecule has 0 fully saturated rings. The van der Waals surface area contributed by atoms with E-state index in [4.69, 9.17) is 9.47 Å². The highest BCUT2D eigenvalue weighted by molar-refractivity contribution is 9.10. The molecule has 1 rings (SSSR count). The van der Waals surface area contributed by atoms with E-state index in [-0.39, 0.29) is 19.1 Å². The maximum Gasteiger partial charge on any atom is 0.340 e. The lowest BCUT2D eigenvalue weighted by atomic mass is 10.1. The van der Waals surface area contributed by atoms with Crippen LogP contribution < -0.4 is 5.32 Å². The summed E-state index contributed by atoms with van der Waals surface area (Å²) in [4.78, 5) is 23.5. The van der Waals surface area contributed by atoms with Gasteiger partial charge >= 0.3 is 5.97 Å². The SMILES string of the molecule is CCOC(=O)c1cc(Br)cc(C)c1NC(=O)COC. The molecule has 0 atom stereocenters. The predicted octanol–water partition coefficient (Wildman–Crippen LogP) is 2.52. The number of carbonyl (C=O) groups is 2. The number of hydrogen-bond donors (Lipinski definition) is 1. The van der Waals surface area contributed by atoms with Gasteiger partial charge in [-0.25, -0.2) is 4.79 Å². The van der Waals surface area contributed by atoms with Gasteiger partial charge in [-0.05, 0) is 31.5 Å². The van der Waals surface area contributed by atoms with Gasteiger partial charge in [-0.2, -0.15) is 0 Å². The zero-order chi connectivity index (χ0) is 14.4. The second kappa shape index (κ2) is 7.25. The van der Waals surface area contributed by atoms with Crippen molar-refractivity contribution in [3.05, 3.63) is 27.7 Å². The van der Waals surface area contributed by atoms with Crippen molar-refractivity contribution < 1.29 is 19.1 Å². The van der Waals surface area contributed by atoms with E-state index < -0.39 is 5.97 Å². The Hall–Kier alpha value is -1.40. The molecule has 0 heterocycles. The lowest BCUT2D eigenvalue weighted by Gasteiger charge is -2.13. The lowest BCUT2D eigenvalue weighted by Crippen LogP contribution is -2.20. The van der Waals surface area contributed by atoms with Crippen molar-refractivity contribution in [3.63, 3.8) is 0 Å². The molecule has 0 unspecified atom stereocenters. The fraction of sp³-hybridized carbons (Fsp3) is 0.385. The Morgan fingerprint density at radius 3 is 2.63 bits per heavy atom. The number of rotatable bonds is 5. The molecule has 5 nitrogen and oxygen atoms in total. The molecule has 0 aromatic heterocycles. The Morgan fingerprint density at radius 2 is 2.05 bits per heavy atom. The smallest absolute Gasteiger partial charge is 0.340 e. The topological polar surface area (TPSA) is 64.6 Å². The Morgan fingerprint density at radius 1 is 1.37 bits per heavy atom. The van der Waals surface area contributed by atoms with E-state index in [9.17, 15) is 9.59 Å². The van der Waals surface area contributed by atoms with Crippen molar-refractivity contribution in [1.82, 2.24) is 0 Å². The van der Waals surface area contributed by atoms with E-state index in [0.29, 0.717) is 11.3 Å². The van der Waals surface area contributed by atoms with Gasteiger partial charge in [0.05, 0.1) is 17.9 Å². The van der Waals surface area contributed by atoms with Crippen LogP contribution in [0.3, 0.4) is 0 Å². The van der Waals surface area contributed by atoms with Gasteiger partial charge in [-0.3, -0.25) is 4.79 Å². The summed E-state index contributed by atoms with van der Waals surface area (Å²) < 4.78 is 10.5. The van der Waals surface area contributed by atoms with Crippen LogP contribution in [0.15, 0.2) is 16.6 Å². The highest BCUT2D eigenvalue weighted by atomic mass is 79.9. The average molecular weight is 330 g/mol. The van der Waals surface area contributed by atoms with Crippen LogP contribution in [0.2, 0.25) is 0 Å². The van der Waals surface area contributed by atoms with Crippen LogP contribution in [-0.2, 0) is 14.3 Å².